The van der Waals surface area contributed by atoms with Crippen molar-refractivity contribution in [1.82, 2.24) is 15.3 Å². The Morgan fingerprint density at radius 2 is 1.74 bits per heavy atom. The van der Waals surface area contributed by atoms with Crippen molar-refractivity contribution in [2.24, 2.45) is 0 Å². The molecule has 0 spiro atoms. The average molecular weight is 416 g/mol. The van der Waals surface area contributed by atoms with Gasteiger partial charge < -0.3 is 15.2 Å². The Balaban J connectivity index is 1.74. The zero-order valence-electron chi connectivity index (χ0n) is 17.1. The van der Waals surface area contributed by atoms with Crippen LogP contribution >= 0.6 is 0 Å². The molecular formula is C24H24N4O3. The van der Waals surface area contributed by atoms with E-state index in [1.165, 1.54) is 0 Å². The number of piperidine rings is 1. The van der Waals surface area contributed by atoms with E-state index in [9.17, 15) is 15.2 Å². The molecule has 158 valence electrons. The topological polar surface area (TPSA) is 108 Å². The molecule has 0 saturated carbocycles. The number of benzene rings is 2. The van der Waals surface area contributed by atoms with Crippen molar-refractivity contribution in [2.45, 2.75) is 30.8 Å². The second-order valence-corrected chi connectivity index (χ2v) is 7.79. The maximum absolute atomic E-state index is 12.9. The van der Waals surface area contributed by atoms with Gasteiger partial charge in [-0.3, -0.25) is 4.79 Å². The molecule has 2 N–H and O–H groups in total. The van der Waals surface area contributed by atoms with E-state index in [0.717, 1.165) is 5.56 Å². The minimum absolute atomic E-state index is 0.0727. The van der Waals surface area contributed by atoms with Crippen LogP contribution in [0.3, 0.4) is 0 Å². The first-order chi connectivity index (χ1) is 15.2. The summed E-state index contributed by atoms with van der Waals surface area (Å²) in [6.45, 7) is 1.36. The first kappa shape index (κ1) is 20.9. The highest BCUT2D eigenvalue weighted by Crippen LogP contribution is 2.37. The molecule has 1 unspecified atom stereocenters. The number of aliphatic hydroxyl groups is 1. The van der Waals surface area contributed by atoms with Crippen molar-refractivity contribution in [3.05, 3.63) is 71.5 Å². The first-order valence-corrected chi connectivity index (χ1v) is 10.4. The number of nitrogens with zero attached hydrogens (tertiary/aromatic N) is 3. The maximum Gasteiger partial charge on any atom is 0.329 e. The number of para-hydroxylation sites is 2. The third-order valence-corrected chi connectivity index (χ3v) is 5.83. The van der Waals surface area contributed by atoms with Crippen LogP contribution in [0.25, 0.3) is 11.0 Å². The zero-order chi connectivity index (χ0) is 21.7. The molecule has 0 bridgehead atoms. The minimum atomic E-state index is -1.23. The number of hydrogen-bond acceptors (Lipinski definition) is 7. The van der Waals surface area contributed by atoms with Gasteiger partial charge in [-0.1, -0.05) is 42.5 Å². The van der Waals surface area contributed by atoms with Gasteiger partial charge in [0.05, 0.1) is 35.1 Å². The van der Waals surface area contributed by atoms with Gasteiger partial charge in [-0.2, -0.15) is 5.26 Å². The Bertz CT molecular complexity index is 1100. The van der Waals surface area contributed by atoms with E-state index in [2.05, 4.69) is 16.4 Å². The van der Waals surface area contributed by atoms with E-state index >= 15 is 0 Å². The summed E-state index contributed by atoms with van der Waals surface area (Å²) < 4.78 is 5.45. The molecule has 3 aromatic rings. The highest BCUT2D eigenvalue weighted by molar-refractivity contribution is 5.83. The molecule has 2 heterocycles. The fourth-order valence-corrected chi connectivity index (χ4v) is 4.02. The molecule has 4 rings (SSSR count). The molecule has 0 amide bonds. The summed E-state index contributed by atoms with van der Waals surface area (Å²) in [5.74, 6) is -1.90. The number of nitriles is 1. The van der Waals surface area contributed by atoms with Crippen molar-refractivity contribution >= 4 is 17.0 Å². The average Bonchev–Trinajstić information content (AvgIpc) is 2.84. The number of aliphatic hydroxyl groups excluding tert-OH is 1. The van der Waals surface area contributed by atoms with Gasteiger partial charge >= 0.3 is 5.97 Å². The molecule has 1 atom stereocenters. The second kappa shape index (κ2) is 9.21. The van der Waals surface area contributed by atoms with Crippen LogP contribution in [0.15, 0.2) is 54.6 Å². The number of nitrogens with one attached hydrogen (secondary N) is 1. The SMILES string of the molecule is N#CC(C(=O)OCc1ccccc1)c1nc2ccccc2nc1C1(CO)CCNCC1. The summed E-state index contributed by atoms with van der Waals surface area (Å²) in [5, 5.41) is 23.5. The lowest BCUT2D eigenvalue weighted by atomic mass is 9.74. The van der Waals surface area contributed by atoms with Gasteiger partial charge in [0, 0.05) is 5.41 Å². The van der Waals surface area contributed by atoms with Crippen LogP contribution in [0.5, 0.6) is 0 Å². The lowest BCUT2D eigenvalue weighted by Crippen LogP contribution is -2.44. The second-order valence-electron chi connectivity index (χ2n) is 7.79. The molecule has 1 fully saturated rings. The number of carbonyl (C=O) groups excluding carboxylic acids is 1. The third-order valence-electron chi connectivity index (χ3n) is 5.83. The highest BCUT2D eigenvalue weighted by Gasteiger charge is 2.40. The molecule has 7 heteroatoms. The predicted octanol–water partition coefficient (Wildman–Crippen LogP) is 2.59. The number of ether oxygens (including phenoxy) is 1. The predicted molar refractivity (Wildman–Crippen MR) is 115 cm³/mol. The van der Waals surface area contributed by atoms with E-state index in [1.807, 2.05) is 48.5 Å². The highest BCUT2D eigenvalue weighted by atomic mass is 16.5. The quantitative estimate of drug-likeness (QED) is 0.595. The molecule has 1 aliphatic heterocycles. The maximum atomic E-state index is 12.9. The number of rotatable bonds is 6. The van der Waals surface area contributed by atoms with Gasteiger partial charge in [-0.05, 0) is 43.6 Å². The van der Waals surface area contributed by atoms with Crippen LogP contribution in [0.2, 0.25) is 0 Å². The van der Waals surface area contributed by atoms with Crippen LogP contribution < -0.4 is 5.32 Å². The molecule has 1 aromatic heterocycles. The van der Waals surface area contributed by atoms with Gasteiger partial charge in [0.15, 0.2) is 5.92 Å². The third kappa shape index (κ3) is 4.26. The monoisotopic (exact) mass is 416 g/mol. The summed E-state index contributed by atoms with van der Waals surface area (Å²) >= 11 is 0. The summed E-state index contributed by atoms with van der Waals surface area (Å²) in [6, 6.07) is 18.7. The number of carbonyl (C=O) groups is 1. The van der Waals surface area contributed by atoms with Crippen LogP contribution in [0.4, 0.5) is 0 Å². The molecule has 2 aromatic carbocycles. The van der Waals surface area contributed by atoms with Crippen molar-refractivity contribution in [1.29, 1.82) is 5.26 Å². The van der Waals surface area contributed by atoms with E-state index in [-0.39, 0.29) is 18.9 Å². The summed E-state index contributed by atoms with van der Waals surface area (Å²) in [6.07, 6.45) is 1.28. The summed E-state index contributed by atoms with van der Waals surface area (Å²) in [7, 11) is 0. The Kier molecular flexibility index (Phi) is 6.21. The minimum Gasteiger partial charge on any atom is -0.460 e. The van der Waals surface area contributed by atoms with Crippen molar-refractivity contribution in [3.63, 3.8) is 0 Å². The summed E-state index contributed by atoms with van der Waals surface area (Å²) in [4.78, 5) is 22.4. The standard InChI is InChI=1S/C24H24N4O3/c25-14-18(23(30)31-15-17-6-2-1-3-7-17)21-22(24(16-29)10-12-26-13-11-24)28-20-9-5-4-8-19(20)27-21/h1-9,18,26,29H,10-13,15-16H2. The van der Waals surface area contributed by atoms with Crippen molar-refractivity contribution in [3.8, 4) is 6.07 Å². The first-order valence-electron chi connectivity index (χ1n) is 10.4. The van der Waals surface area contributed by atoms with Crippen LogP contribution in [0.1, 0.15) is 35.7 Å². The normalized spacial score (nSPS) is 16.4. The molecule has 1 aliphatic rings. The van der Waals surface area contributed by atoms with Gasteiger partial charge in [-0.25, -0.2) is 9.97 Å². The largest absolute Gasteiger partial charge is 0.460 e. The van der Waals surface area contributed by atoms with Gasteiger partial charge in [0.2, 0.25) is 0 Å². The number of fused-ring (bicyclic) bond motifs is 1. The molecule has 0 radical (unpaired) electrons. The number of aromatic nitrogens is 2. The Morgan fingerprint density at radius 3 is 2.39 bits per heavy atom. The zero-order valence-corrected chi connectivity index (χ0v) is 17.1. The summed E-state index contributed by atoms with van der Waals surface area (Å²) in [5.41, 5.74) is 2.23. The van der Waals surface area contributed by atoms with Gasteiger partial charge in [0.25, 0.3) is 0 Å². The van der Waals surface area contributed by atoms with Gasteiger partial charge in [0.1, 0.15) is 6.61 Å². The Labute approximate surface area is 180 Å². The van der Waals surface area contributed by atoms with E-state index in [1.54, 1.807) is 6.07 Å². The van der Waals surface area contributed by atoms with Crippen LogP contribution in [-0.2, 0) is 21.6 Å². The van der Waals surface area contributed by atoms with E-state index < -0.39 is 17.3 Å². The Morgan fingerprint density at radius 1 is 1.10 bits per heavy atom. The molecule has 7 nitrogen and oxygen atoms in total. The Hall–Kier alpha value is -3.34. The van der Waals surface area contributed by atoms with E-state index in [4.69, 9.17) is 9.72 Å². The molecular weight excluding hydrogens is 392 g/mol. The molecule has 31 heavy (non-hydrogen) atoms. The van der Waals surface area contributed by atoms with Gasteiger partial charge in [-0.15, -0.1) is 0 Å². The lowest BCUT2D eigenvalue weighted by molar-refractivity contribution is -0.145. The number of esters is 1. The fourth-order valence-electron chi connectivity index (χ4n) is 4.02. The van der Waals surface area contributed by atoms with E-state index in [0.29, 0.717) is 42.7 Å². The fraction of sp³-hybridized carbons (Fsp3) is 0.333. The molecule has 0 aliphatic carbocycles. The van der Waals surface area contributed by atoms with Crippen LogP contribution in [0, 0.1) is 11.3 Å². The molecule has 1 saturated heterocycles. The number of hydrogen-bond donors (Lipinski definition) is 2. The van der Waals surface area contributed by atoms with Crippen LogP contribution in [-0.4, -0.2) is 40.7 Å². The van der Waals surface area contributed by atoms with Crippen molar-refractivity contribution in [2.75, 3.05) is 19.7 Å². The van der Waals surface area contributed by atoms with Crippen molar-refractivity contribution < 1.29 is 14.6 Å². The lowest BCUT2D eigenvalue weighted by Gasteiger charge is -2.36. The smallest absolute Gasteiger partial charge is 0.329 e.